The van der Waals surface area contributed by atoms with Crippen LogP contribution in [0, 0.1) is 23.2 Å². The zero-order chi connectivity index (χ0) is 28.7. The highest BCUT2D eigenvalue weighted by Gasteiger charge is 2.88. The average molecular weight is 565 g/mol. The average Bonchev–Trinajstić information content (AvgIpc) is 3.17. The molecule has 2 saturated carbocycles. The number of hydrogen-bond acceptors (Lipinski definition) is 7. The number of carboxylic acids is 2. The predicted octanol–water partition coefficient (Wildman–Crippen LogP) is 4.05. The van der Waals surface area contributed by atoms with Crippen molar-refractivity contribution in [3.8, 4) is 0 Å². The third kappa shape index (κ3) is 4.72. The number of nitrogens with one attached hydrogen (secondary N) is 2. The first-order valence-electron chi connectivity index (χ1n) is 13.1. The Bertz CT molecular complexity index is 1380. The highest BCUT2D eigenvalue weighted by molar-refractivity contribution is 7.99. The summed E-state index contributed by atoms with van der Waals surface area (Å²) in [6.07, 6.45) is 1.14. The molecule has 1 unspecified atom stereocenters. The maximum atomic E-state index is 13.7. The first-order valence-corrected chi connectivity index (χ1v) is 14.0. The molecule has 11 heteroatoms. The molecule has 0 saturated heterocycles. The Labute approximate surface area is 235 Å². The van der Waals surface area contributed by atoms with E-state index in [9.17, 15) is 24.6 Å². The number of hydrogen-bond donors (Lipinski definition) is 4. The van der Waals surface area contributed by atoms with E-state index in [4.69, 9.17) is 4.74 Å². The Morgan fingerprint density at radius 2 is 1.65 bits per heavy atom. The maximum Gasteiger partial charge on any atom is 0.408 e. The van der Waals surface area contributed by atoms with Crippen LogP contribution in [0.4, 0.5) is 4.79 Å². The number of carbonyl (C=O) groups excluding carboxylic acids is 1. The quantitative estimate of drug-likeness (QED) is 0.301. The van der Waals surface area contributed by atoms with Gasteiger partial charge in [0.2, 0.25) is 0 Å². The Morgan fingerprint density at radius 3 is 2.17 bits per heavy atom. The molecule has 40 heavy (non-hydrogen) atoms. The monoisotopic (exact) mass is 564 g/mol. The van der Waals surface area contributed by atoms with E-state index in [1.54, 1.807) is 27.0 Å². The van der Waals surface area contributed by atoms with Gasteiger partial charge in [-0.05, 0) is 50.7 Å². The molecule has 2 aromatic carbocycles. The number of thioether (sulfide) groups is 1. The van der Waals surface area contributed by atoms with Gasteiger partial charge in [-0.1, -0.05) is 77.6 Å². The van der Waals surface area contributed by atoms with Gasteiger partial charge in [-0.15, -0.1) is 5.10 Å². The van der Waals surface area contributed by atoms with Gasteiger partial charge in [0, 0.05) is 16.6 Å². The Balaban J connectivity index is 1.71. The number of ether oxygens (including phenoxy) is 1. The molecule has 0 bridgehead atoms. The molecule has 3 aromatic rings. The summed E-state index contributed by atoms with van der Waals surface area (Å²) < 4.78 is 5.58. The van der Waals surface area contributed by atoms with Crippen molar-refractivity contribution in [3.05, 3.63) is 78.0 Å². The smallest absolute Gasteiger partial charge is 0.408 e. The van der Waals surface area contributed by atoms with E-state index in [-0.39, 0.29) is 12.8 Å². The Kier molecular flexibility index (Phi) is 7.11. The molecule has 2 fully saturated rings. The minimum Gasteiger partial charge on any atom is -0.481 e. The minimum atomic E-state index is -1.96. The number of aromatic nitrogens is 3. The molecular weight excluding hydrogens is 532 g/mol. The van der Waals surface area contributed by atoms with Gasteiger partial charge in [0.1, 0.15) is 10.6 Å². The number of aliphatic carboxylic acids is 2. The van der Waals surface area contributed by atoms with Crippen molar-refractivity contribution in [2.45, 2.75) is 55.0 Å². The van der Waals surface area contributed by atoms with Crippen LogP contribution in [0.2, 0.25) is 0 Å². The number of nitrogens with zero attached hydrogens (tertiary/aromatic N) is 2. The zero-order valence-electron chi connectivity index (χ0n) is 22.4. The molecule has 5 rings (SSSR count). The van der Waals surface area contributed by atoms with Crippen LogP contribution < -0.4 is 5.32 Å². The highest BCUT2D eigenvalue weighted by Crippen LogP contribution is 2.78. The van der Waals surface area contributed by atoms with Gasteiger partial charge in [0.15, 0.2) is 5.54 Å². The normalized spacial score (nSPS) is 28.9. The van der Waals surface area contributed by atoms with Crippen molar-refractivity contribution in [2.75, 3.05) is 0 Å². The molecule has 6 atom stereocenters. The second kappa shape index (κ2) is 10.3. The summed E-state index contributed by atoms with van der Waals surface area (Å²) in [5.41, 5.74) is -2.52. The lowest BCUT2D eigenvalue weighted by Gasteiger charge is -2.43. The van der Waals surface area contributed by atoms with Crippen molar-refractivity contribution in [2.24, 2.45) is 23.2 Å². The molecule has 1 amide bonds. The van der Waals surface area contributed by atoms with Gasteiger partial charge in [-0.2, -0.15) is 0 Å². The van der Waals surface area contributed by atoms with E-state index < -0.39 is 57.6 Å². The van der Waals surface area contributed by atoms with Crippen LogP contribution in [0.1, 0.15) is 31.9 Å². The number of benzene rings is 2. The first-order chi connectivity index (χ1) is 19.0. The van der Waals surface area contributed by atoms with Crippen LogP contribution >= 0.6 is 11.8 Å². The fourth-order valence-corrected chi connectivity index (χ4v) is 8.24. The summed E-state index contributed by atoms with van der Waals surface area (Å²) in [6.45, 7) is 5.08. The van der Waals surface area contributed by atoms with Gasteiger partial charge in [-0.25, -0.2) is 9.59 Å². The maximum absolute atomic E-state index is 13.7. The number of carbonyl (C=O) groups is 3. The van der Waals surface area contributed by atoms with Crippen molar-refractivity contribution >= 4 is 29.8 Å². The van der Waals surface area contributed by atoms with Gasteiger partial charge < -0.3 is 20.3 Å². The fourth-order valence-electron chi connectivity index (χ4n) is 6.74. The standard InChI is InChI=1S/C29H32N4O6S/c1-27(2,3)39-26(38)31-29(25(36)37)19(14-17-10-6-4-7-11-17)23(40-20-16-30-33-32-20)21-22(24(34)35)28(21,29)15-18-12-8-5-9-13-18/h4-13,16,19,21-23H,14-15H2,1-3H3,(H,31,38)(H,34,35)(H,36,37)(H,30,32,33)/t19?,21-,22-,23-,28-,29+/m0/s1. The summed E-state index contributed by atoms with van der Waals surface area (Å²) in [4.78, 5) is 39.9. The lowest BCUT2D eigenvalue weighted by Crippen LogP contribution is -2.66. The molecular formula is C29H32N4O6S. The number of alkyl carbamates (subject to hydrolysis) is 1. The van der Waals surface area contributed by atoms with Crippen molar-refractivity contribution in [1.29, 1.82) is 0 Å². The summed E-state index contributed by atoms with van der Waals surface area (Å²) in [5.74, 6) is -4.68. The summed E-state index contributed by atoms with van der Waals surface area (Å²) in [7, 11) is 0. The minimum absolute atomic E-state index is 0.152. The summed E-state index contributed by atoms with van der Waals surface area (Å²) in [6, 6.07) is 18.6. The SMILES string of the molecule is CC(C)(C)OC(=O)N[C@@]1(C(=O)O)C(Cc2ccccc2)[C@H](Sc2c[nH]nn2)[C@@H]2[C@@H](C(=O)O)[C@]21Cc1ccccc1. The van der Waals surface area contributed by atoms with E-state index in [0.29, 0.717) is 5.03 Å². The van der Waals surface area contributed by atoms with E-state index >= 15 is 0 Å². The van der Waals surface area contributed by atoms with E-state index in [1.165, 1.54) is 11.8 Å². The molecule has 2 aliphatic rings. The van der Waals surface area contributed by atoms with Crippen LogP contribution in [0.15, 0.2) is 71.9 Å². The third-order valence-electron chi connectivity index (χ3n) is 8.03. The predicted molar refractivity (Wildman–Crippen MR) is 147 cm³/mol. The summed E-state index contributed by atoms with van der Waals surface area (Å²) in [5, 5.41) is 35.0. The zero-order valence-corrected chi connectivity index (χ0v) is 23.2. The van der Waals surface area contributed by atoms with E-state index in [1.807, 2.05) is 60.7 Å². The molecule has 4 N–H and O–H groups in total. The molecule has 0 aliphatic heterocycles. The van der Waals surface area contributed by atoms with Crippen LogP contribution in [0.3, 0.4) is 0 Å². The van der Waals surface area contributed by atoms with Crippen LogP contribution in [-0.4, -0.2) is 60.0 Å². The number of aromatic amines is 1. The van der Waals surface area contributed by atoms with Gasteiger partial charge >= 0.3 is 18.0 Å². The topological polar surface area (TPSA) is 154 Å². The molecule has 10 nitrogen and oxygen atoms in total. The Hall–Kier alpha value is -3.86. The number of fused-ring (bicyclic) bond motifs is 1. The number of rotatable bonds is 9. The van der Waals surface area contributed by atoms with Crippen LogP contribution in [-0.2, 0) is 27.2 Å². The third-order valence-corrected chi connectivity index (χ3v) is 9.37. The van der Waals surface area contributed by atoms with Crippen molar-refractivity contribution in [3.63, 3.8) is 0 Å². The lowest BCUT2D eigenvalue weighted by molar-refractivity contribution is -0.152. The molecule has 2 aliphatic carbocycles. The van der Waals surface area contributed by atoms with Crippen LogP contribution in [0.25, 0.3) is 0 Å². The van der Waals surface area contributed by atoms with Gasteiger partial charge in [0.25, 0.3) is 0 Å². The van der Waals surface area contributed by atoms with Crippen molar-refractivity contribution < 1.29 is 29.3 Å². The van der Waals surface area contributed by atoms with E-state index in [0.717, 1.165) is 11.1 Å². The number of carboxylic acid groups (broad SMARTS) is 2. The van der Waals surface area contributed by atoms with Gasteiger partial charge in [-0.3, -0.25) is 9.89 Å². The number of amides is 1. The highest BCUT2D eigenvalue weighted by atomic mass is 32.2. The number of H-pyrrole nitrogens is 1. The molecule has 1 heterocycles. The van der Waals surface area contributed by atoms with E-state index in [2.05, 4.69) is 20.7 Å². The largest absolute Gasteiger partial charge is 0.481 e. The lowest BCUT2D eigenvalue weighted by atomic mass is 9.68. The fraction of sp³-hybridized carbons (Fsp3) is 0.414. The first kappa shape index (κ1) is 27.7. The second-order valence-electron chi connectivity index (χ2n) is 11.5. The molecule has 0 spiro atoms. The molecule has 1 aromatic heterocycles. The van der Waals surface area contributed by atoms with Crippen LogP contribution in [0.5, 0.6) is 0 Å². The molecule has 210 valence electrons. The molecule has 0 radical (unpaired) electrons. The van der Waals surface area contributed by atoms with Gasteiger partial charge in [0.05, 0.1) is 12.1 Å². The second-order valence-corrected chi connectivity index (χ2v) is 12.7. The Morgan fingerprint density at radius 1 is 1.02 bits per heavy atom. The summed E-state index contributed by atoms with van der Waals surface area (Å²) >= 11 is 1.30. The van der Waals surface area contributed by atoms with Crippen molar-refractivity contribution in [1.82, 2.24) is 20.7 Å².